The molecule has 3 rings (SSSR count). The van der Waals surface area contributed by atoms with Crippen molar-refractivity contribution >= 4 is 21.9 Å². The van der Waals surface area contributed by atoms with Gasteiger partial charge in [-0.2, -0.15) is 4.98 Å². The van der Waals surface area contributed by atoms with Gasteiger partial charge in [0.05, 0.1) is 18.2 Å². The molecule has 1 heterocycles. The van der Waals surface area contributed by atoms with Crippen LogP contribution < -0.4 is 4.74 Å². The molecular weight excluding hydrogens is 376 g/mol. The van der Waals surface area contributed by atoms with Gasteiger partial charge in [0.1, 0.15) is 5.75 Å². The number of carbonyl (C=O) groups excluding carboxylic acids is 1. The van der Waals surface area contributed by atoms with E-state index in [1.807, 2.05) is 24.3 Å². The van der Waals surface area contributed by atoms with Crippen LogP contribution in [0.5, 0.6) is 5.75 Å². The standard InChI is InChI=1S/C17H13BrN2O4/c1-22-14-9-5-3-7-12(14)16-19-15(24-20-16)10-23-17(21)11-6-2-4-8-13(11)18/h2-9H,10H2,1H3. The molecule has 0 aliphatic heterocycles. The quantitative estimate of drug-likeness (QED) is 0.617. The smallest absolute Gasteiger partial charge is 0.339 e. The average Bonchev–Trinajstić information content (AvgIpc) is 3.09. The fraction of sp³-hybridized carbons (Fsp3) is 0.118. The minimum absolute atomic E-state index is 0.109. The predicted molar refractivity (Wildman–Crippen MR) is 89.5 cm³/mol. The Balaban J connectivity index is 1.71. The van der Waals surface area contributed by atoms with Crippen LogP contribution in [0.2, 0.25) is 0 Å². The van der Waals surface area contributed by atoms with Crippen molar-refractivity contribution in [1.29, 1.82) is 0 Å². The Morgan fingerprint density at radius 3 is 2.71 bits per heavy atom. The number of halogens is 1. The van der Waals surface area contributed by atoms with Crippen molar-refractivity contribution in [3.05, 3.63) is 64.5 Å². The minimum atomic E-state index is -0.473. The largest absolute Gasteiger partial charge is 0.496 e. The van der Waals surface area contributed by atoms with Crippen molar-refractivity contribution in [2.45, 2.75) is 6.61 Å². The summed E-state index contributed by atoms with van der Waals surface area (Å²) < 4.78 is 16.3. The Labute approximate surface area is 146 Å². The second-order valence-corrected chi connectivity index (χ2v) is 5.62. The van der Waals surface area contributed by atoms with Crippen LogP contribution in [-0.2, 0) is 11.3 Å². The molecule has 2 aromatic carbocycles. The summed E-state index contributed by atoms with van der Waals surface area (Å²) in [5, 5.41) is 3.90. The number of hydrogen-bond donors (Lipinski definition) is 0. The molecular formula is C17H13BrN2O4. The Kier molecular flexibility index (Phi) is 4.90. The van der Waals surface area contributed by atoms with Gasteiger partial charge in [-0.3, -0.25) is 0 Å². The van der Waals surface area contributed by atoms with Crippen molar-refractivity contribution in [3.8, 4) is 17.1 Å². The van der Waals surface area contributed by atoms with Crippen LogP contribution in [0.3, 0.4) is 0 Å². The molecule has 122 valence electrons. The van der Waals surface area contributed by atoms with Crippen LogP contribution in [0.1, 0.15) is 16.2 Å². The second kappa shape index (κ2) is 7.27. The number of ether oxygens (including phenoxy) is 2. The number of hydrogen-bond acceptors (Lipinski definition) is 6. The number of aromatic nitrogens is 2. The summed E-state index contributed by atoms with van der Waals surface area (Å²) in [5.41, 5.74) is 1.13. The predicted octanol–water partition coefficient (Wildman–Crippen LogP) is 3.86. The van der Waals surface area contributed by atoms with Crippen molar-refractivity contribution in [2.75, 3.05) is 7.11 Å². The fourth-order valence-corrected chi connectivity index (χ4v) is 2.53. The summed E-state index contributed by atoms with van der Waals surface area (Å²) in [6.45, 7) is -0.109. The second-order valence-electron chi connectivity index (χ2n) is 4.77. The van der Waals surface area contributed by atoms with Gasteiger partial charge in [0.2, 0.25) is 5.82 Å². The molecule has 0 aliphatic rings. The third-order valence-electron chi connectivity index (χ3n) is 3.24. The van der Waals surface area contributed by atoms with Gasteiger partial charge in [0.25, 0.3) is 5.89 Å². The van der Waals surface area contributed by atoms with Crippen LogP contribution in [-0.4, -0.2) is 23.2 Å². The molecule has 0 radical (unpaired) electrons. The molecule has 0 N–H and O–H groups in total. The third kappa shape index (κ3) is 3.46. The van der Waals surface area contributed by atoms with Gasteiger partial charge in [0, 0.05) is 4.47 Å². The summed E-state index contributed by atoms with van der Waals surface area (Å²) in [5.74, 6) is 0.741. The molecule has 6 nitrogen and oxygen atoms in total. The van der Waals surface area contributed by atoms with E-state index in [0.29, 0.717) is 27.2 Å². The lowest BCUT2D eigenvalue weighted by Crippen LogP contribution is -2.06. The lowest BCUT2D eigenvalue weighted by atomic mass is 10.2. The zero-order valence-electron chi connectivity index (χ0n) is 12.7. The lowest BCUT2D eigenvalue weighted by Gasteiger charge is -2.04. The van der Waals surface area contributed by atoms with Crippen molar-refractivity contribution in [3.63, 3.8) is 0 Å². The Bertz CT molecular complexity index is 863. The Morgan fingerprint density at radius 2 is 1.92 bits per heavy atom. The number of nitrogens with zero attached hydrogens (tertiary/aromatic N) is 2. The molecule has 1 aromatic heterocycles. The highest BCUT2D eigenvalue weighted by Crippen LogP contribution is 2.27. The van der Waals surface area contributed by atoms with Gasteiger partial charge in [-0.15, -0.1) is 0 Å². The van der Waals surface area contributed by atoms with Gasteiger partial charge >= 0.3 is 5.97 Å². The third-order valence-corrected chi connectivity index (χ3v) is 3.93. The molecule has 0 spiro atoms. The van der Waals surface area contributed by atoms with Gasteiger partial charge in [-0.05, 0) is 40.2 Å². The highest BCUT2D eigenvalue weighted by molar-refractivity contribution is 9.10. The van der Waals surface area contributed by atoms with Crippen molar-refractivity contribution in [2.24, 2.45) is 0 Å². The molecule has 24 heavy (non-hydrogen) atoms. The van der Waals surface area contributed by atoms with E-state index in [1.54, 1.807) is 31.4 Å². The summed E-state index contributed by atoms with van der Waals surface area (Å²) in [4.78, 5) is 16.3. The van der Waals surface area contributed by atoms with E-state index in [1.165, 1.54) is 0 Å². The molecule has 7 heteroatoms. The molecule has 0 atom stereocenters. The molecule has 0 saturated carbocycles. The maximum absolute atomic E-state index is 12.1. The lowest BCUT2D eigenvalue weighted by molar-refractivity contribution is 0.0428. The molecule has 0 saturated heterocycles. The van der Waals surface area contributed by atoms with E-state index in [4.69, 9.17) is 14.0 Å². The van der Waals surface area contributed by atoms with Crippen LogP contribution in [0.25, 0.3) is 11.4 Å². The minimum Gasteiger partial charge on any atom is -0.496 e. The van der Waals surface area contributed by atoms with E-state index in [0.717, 1.165) is 0 Å². The number of esters is 1. The summed E-state index contributed by atoms with van der Waals surface area (Å²) in [7, 11) is 1.57. The van der Waals surface area contributed by atoms with Crippen LogP contribution in [0.15, 0.2) is 57.5 Å². The zero-order valence-corrected chi connectivity index (χ0v) is 14.3. The summed E-state index contributed by atoms with van der Waals surface area (Å²) in [6, 6.07) is 14.3. The first kappa shape index (κ1) is 16.2. The van der Waals surface area contributed by atoms with Crippen LogP contribution in [0, 0.1) is 0 Å². The van der Waals surface area contributed by atoms with E-state index < -0.39 is 5.97 Å². The normalized spacial score (nSPS) is 10.4. The summed E-state index contributed by atoms with van der Waals surface area (Å²) >= 11 is 3.31. The number of methoxy groups -OCH3 is 1. The zero-order chi connectivity index (χ0) is 16.9. The highest BCUT2D eigenvalue weighted by Gasteiger charge is 2.16. The maximum Gasteiger partial charge on any atom is 0.339 e. The van der Waals surface area contributed by atoms with Gasteiger partial charge in [0.15, 0.2) is 6.61 Å². The maximum atomic E-state index is 12.1. The van der Waals surface area contributed by atoms with Crippen LogP contribution in [0.4, 0.5) is 0 Å². The topological polar surface area (TPSA) is 74.5 Å². The van der Waals surface area contributed by atoms with E-state index in [9.17, 15) is 4.79 Å². The van der Waals surface area contributed by atoms with Crippen LogP contribution >= 0.6 is 15.9 Å². The van der Waals surface area contributed by atoms with E-state index >= 15 is 0 Å². The van der Waals surface area contributed by atoms with Crippen molar-refractivity contribution in [1.82, 2.24) is 10.1 Å². The fourth-order valence-electron chi connectivity index (χ4n) is 2.08. The van der Waals surface area contributed by atoms with E-state index in [-0.39, 0.29) is 12.5 Å². The monoisotopic (exact) mass is 388 g/mol. The summed E-state index contributed by atoms with van der Waals surface area (Å²) in [6.07, 6.45) is 0. The first-order valence-corrected chi connectivity index (χ1v) is 7.86. The SMILES string of the molecule is COc1ccccc1-c1noc(COC(=O)c2ccccc2Br)n1. The Hall–Kier alpha value is -2.67. The molecule has 0 amide bonds. The molecule has 0 aliphatic carbocycles. The van der Waals surface area contributed by atoms with Gasteiger partial charge in [-0.1, -0.05) is 29.4 Å². The number of carbonyl (C=O) groups is 1. The number of rotatable bonds is 5. The highest BCUT2D eigenvalue weighted by atomic mass is 79.9. The van der Waals surface area contributed by atoms with Gasteiger partial charge in [-0.25, -0.2) is 4.79 Å². The first-order valence-electron chi connectivity index (χ1n) is 7.06. The van der Waals surface area contributed by atoms with Crippen molar-refractivity contribution < 1.29 is 18.8 Å². The van der Waals surface area contributed by atoms with Gasteiger partial charge < -0.3 is 14.0 Å². The molecule has 0 fully saturated rings. The first-order chi connectivity index (χ1) is 11.7. The molecule has 0 bridgehead atoms. The van der Waals surface area contributed by atoms with E-state index in [2.05, 4.69) is 26.1 Å². The Morgan fingerprint density at radius 1 is 1.17 bits per heavy atom. The molecule has 0 unspecified atom stereocenters. The average molecular weight is 389 g/mol. The number of benzene rings is 2. The number of para-hydroxylation sites is 1. The molecule has 3 aromatic rings.